The average Bonchev–Trinajstić information content (AvgIpc) is 2.34. The van der Waals surface area contributed by atoms with E-state index in [9.17, 15) is 9.59 Å². The highest BCUT2D eigenvalue weighted by molar-refractivity contribution is 14.1. The largest absolute Gasteiger partial charge is 0.292 e. The third-order valence-corrected chi connectivity index (χ3v) is 3.60. The molecule has 1 aromatic carbocycles. The van der Waals surface area contributed by atoms with Crippen molar-refractivity contribution in [3.8, 4) is 0 Å². The van der Waals surface area contributed by atoms with Crippen LogP contribution in [-0.2, 0) is 6.54 Å². The molecule has 2 aromatic rings. The number of halogens is 1. The summed E-state index contributed by atoms with van der Waals surface area (Å²) in [6.45, 7) is 3.90. The molecule has 0 spiro atoms. The van der Waals surface area contributed by atoms with Gasteiger partial charge in [0.15, 0.2) is 5.78 Å². The van der Waals surface area contributed by atoms with Gasteiger partial charge in [0.1, 0.15) is 0 Å². The van der Waals surface area contributed by atoms with Crippen LogP contribution in [0.3, 0.4) is 0 Å². The Morgan fingerprint density at radius 3 is 2.79 bits per heavy atom. The topological polar surface area (TPSA) is 52.0 Å². The predicted octanol–water partition coefficient (Wildman–Crippen LogP) is 2.35. The maximum atomic E-state index is 12.2. The molecule has 0 amide bonds. The molecule has 0 aliphatic heterocycles. The Morgan fingerprint density at radius 2 is 2.11 bits per heavy atom. The van der Waals surface area contributed by atoms with Crippen molar-refractivity contribution in [3.05, 3.63) is 61.3 Å². The maximum absolute atomic E-state index is 12.2. The highest BCUT2D eigenvalue weighted by Gasteiger charge is 2.11. The standard InChI is InChI=1S/C14H13IN2O2/c1-9-3-4-11(10(2)5-9)13(18)7-17-8-16-6-12(15)14(17)19/h3-6,8H,7H2,1-2H3. The minimum absolute atomic E-state index is 0.0204. The summed E-state index contributed by atoms with van der Waals surface area (Å²) in [5.41, 5.74) is 2.50. The Labute approximate surface area is 124 Å². The van der Waals surface area contributed by atoms with Gasteiger partial charge in [0, 0.05) is 11.8 Å². The molecule has 0 N–H and O–H groups in total. The number of aryl methyl sites for hydroxylation is 2. The first-order valence-electron chi connectivity index (χ1n) is 5.79. The number of benzene rings is 1. The fourth-order valence-corrected chi connectivity index (χ4v) is 2.37. The number of ketones is 1. The fourth-order valence-electron chi connectivity index (χ4n) is 1.90. The zero-order valence-electron chi connectivity index (χ0n) is 10.7. The van der Waals surface area contributed by atoms with Crippen LogP contribution in [0.15, 0.2) is 35.5 Å². The molecule has 0 unspecified atom stereocenters. The molecule has 0 saturated heterocycles. The van der Waals surface area contributed by atoms with Gasteiger partial charge in [-0.1, -0.05) is 23.8 Å². The van der Waals surface area contributed by atoms with E-state index < -0.39 is 0 Å². The monoisotopic (exact) mass is 368 g/mol. The molecule has 5 heteroatoms. The van der Waals surface area contributed by atoms with Gasteiger partial charge in [-0.25, -0.2) is 4.98 Å². The summed E-state index contributed by atoms with van der Waals surface area (Å²) in [5, 5.41) is 0. The van der Waals surface area contributed by atoms with Gasteiger partial charge in [0.2, 0.25) is 0 Å². The Kier molecular flexibility index (Phi) is 4.14. The molecule has 19 heavy (non-hydrogen) atoms. The summed E-state index contributed by atoms with van der Waals surface area (Å²) in [4.78, 5) is 28.0. The lowest BCUT2D eigenvalue weighted by Gasteiger charge is -2.08. The quantitative estimate of drug-likeness (QED) is 0.618. The van der Waals surface area contributed by atoms with Crippen molar-refractivity contribution in [3.63, 3.8) is 0 Å². The number of carbonyl (C=O) groups excluding carboxylic acids is 1. The van der Waals surface area contributed by atoms with Crippen molar-refractivity contribution in [2.45, 2.75) is 20.4 Å². The van der Waals surface area contributed by atoms with E-state index in [2.05, 4.69) is 4.98 Å². The van der Waals surface area contributed by atoms with Gasteiger partial charge in [0.05, 0.1) is 16.4 Å². The summed E-state index contributed by atoms with van der Waals surface area (Å²) >= 11 is 1.92. The smallest absolute Gasteiger partial charge is 0.267 e. The van der Waals surface area contributed by atoms with Crippen LogP contribution in [0.2, 0.25) is 0 Å². The highest BCUT2D eigenvalue weighted by atomic mass is 127. The first kappa shape index (κ1) is 13.9. The number of carbonyl (C=O) groups is 1. The van der Waals surface area contributed by atoms with Gasteiger partial charge < -0.3 is 0 Å². The number of nitrogens with zero attached hydrogens (tertiary/aromatic N) is 2. The molecule has 0 saturated carbocycles. The third-order valence-electron chi connectivity index (χ3n) is 2.86. The molecule has 0 aliphatic carbocycles. The zero-order chi connectivity index (χ0) is 14.0. The first-order valence-corrected chi connectivity index (χ1v) is 6.87. The normalized spacial score (nSPS) is 10.5. The molecule has 0 atom stereocenters. The number of hydrogen-bond donors (Lipinski definition) is 0. The highest BCUT2D eigenvalue weighted by Crippen LogP contribution is 2.11. The molecule has 1 heterocycles. The van der Waals surface area contributed by atoms with E-state index in [1.54, 1.807) is 6.07 Å². The van der Waals surface area contributed by atoms with Crippen LogP contribution >= 0.6 is 22.6 Å². The Hall–Kier alpha value is -1.50. The summed E-state index contributed by atoms with van der Waals surface area (Å²) in [5.74, 6) is -0.0802. The molecule has 4 nitrogen and oxygen atoms in total. The van der Waals surface area contributed by atoms with Crippen LogP contribution in [0, 0.1) is 17.4 Å². The SMILES string of the molecule is Cc1ccc(C(=O)Cn2cncc(I)c2=O)c(C)c1. The summed E-state index contributed by atoms with van der Waals surface area (Å²) < 4.78 is 1.84. The summed E-state index contributed by atoms with van der Waals surface area (Å²) in [6.07, 6.45) is 2.88. The van der Waals surface area contributed by atoms with Crippen LogP contribution in [0.1, 0.15) is 21.5 Å². The molecule has 1 aromatic heterocycles. The van der Waals surface area contributed by atoms with Gasteiger partial charge in [-0.3, -0.25) is 14.2 Å². The van der Waals surface area contributed by atoms with E-state index in [0.717, 1.165) is 11.1 Å². The van der Waals surface area contributed by atoms with E-state index in [1.165, 1.54) is 17.1 Å². The molecular formula is C14H13IN2O2. The van der Waals surface area contributed by atoms with E-state index >= 15 is 0 Å². The molecule has 0 radical (unpaired) electrons. The number of hydrogen-bond acceptors (Lipinski definition) is 3. The summed E-state index contributed by atoms with van der Waals surface area (Å²) in [7, 11) is 0. The number of Topliss-reactive ketones (excluding diaryl/α,β-unsaturated/α-hetero) is 1. The molecule has 0 fully saturated rings. The van der Waals surface area contributed by atoms with Crippen molar-refractivity contribution < 1.29 is 4.79 Å². The van der Waals surface area contributed by atoms with Crippen molar-refractivity contribution in [2.75, 3.05) is 0 Å². The molecule has 0 aliphatic rings. The molecule has 0 bridgehead atoms. The minimum atomic E-state index is -0.186. The van der Waals surface area contributed by atoms with Gasteiger partial charge in [-0.15, -0.1) is 0 Å². The minimum Gasteiger partial charge on any atom is -0.292 e. The van der Waals surface area contributed by atoms with Crippen LogP contribution in [-0.4, -0.2) is 15.3 Å². The molecule has 2 rings (SSSR count). The van der Waals surface area contributed by atoms with Crippen LogP contribution < -0.4 is 5.56 Å². The van der Waals surface area contributed by atoms with Gasteiger partial charge >= 0.3 is 0 Å². The van der Waals surface area contributed by atoms with E-state index in [1.807, 2.05) is 48.6 Å². The van der Waals surface area contributed by atoms with Crippen LogP contribution in [0.25, 0.3) is 0 Å². The van der Waals surface area contributed by atoms with Crippen LogP contribution in [0.5, 0.6) is 0 Å². The van der Waals surface area contributed by atoms with E-state index in [4.69, 9.17) is 0 Å². The molecule has 98 valence electrons. The second-order valence-electron chi connectivity index (χ2n) is 4.42. The third kappa shape index (κ3) is 3.09. The fraction of sp³-hybridized carbons (Fsp3) is 0.214. The number of aromatic nitrogens is 2. The number of rotatable bonds is 3. The van der Waals surface area contributed by atoms with E-state index in [-0.39, 0.29) is 17.9 Å². The van der Waals surface area contributed by atoms with Crippen molar-refractivity contribution in [1.29, 1.82) is 0 Å². The maximum Gasteiger partial charge on any atom is 0.267 e. The van der Waals surface area contributed by atoms with Crippen LogP contribution in [0.4, 0.5) is 0 Å². The predicted molar refractivity (Wildman–Crippen MR) is 81.5 cm³/mol. The van der Waals surface area contributed by atoms with Crippen molar-refractivity contribution in [1.82, 2.24) is 9.55 Å². The molecular weight excluding hydrogens is 355 g/mol. The van der Waals surface area contributed by atoms with Crippen molar-refractivity contribution >= 4 is 28.4 Å². The lowest BCUT2D eigenvalue weighted by atomic mass is 10.0. The second-order valence-corrected chi connectivity index (χ2v) is 5.58. The Balaban J connectivity index is 2.31. The van der Waals surface area contributed by atoms with Crippen molar-refractivity contribution in [2.24, 2.45) is 0 Å². The zero-order valence-corrected chi connectivity index (χ0v) is 12.8. The van der Waals surface area contributed by atoms with Gasteiger partial charge in [-0.05, 0) is 42.0 Å². The van der Waals surface area contributed by atoms with Gasteiger partial charge in [0.25, 0.3) is 5.56 Å². The second kappa shape index (κ2) is 5.64. The summed E-state index contributed by atoms with van der Waals surface area (Å²) in [6, 6.07) is 5.67. The van der Waals surface area contributed by atoms with E-state index in [0.29, 0.717) is 9.13 Å². The lowest BCUT2D eigenvalue weighted by molar-refractivity contribution is 0.0969. The average molecular weight is 368 g/mol. The Bertz CT molecular complexity index is 692. The Morgan fingerprint density at radius 1 is 1.37 bits per heavy atom. The lowest BCUT2D eigenvalue weighted by Crippen LogP contribution is -2.26. The van der Waals surface area contributed by atoms with Gasteiger partial charge in [-0.2, -0.15) is 0 Å². The first-order chi connectivity index (χ1) is 8.99.